The fraction of sp³-hybridized carbons (Fsp3) is 0.290. The number of esters is 2. The van der Waals surface area contributed by atoms with Gasteiger partial charge in [-0.3, -0.25) is 19.2 Å². The predicted octanol–water partition coefficient (Wildman–Crippen LogP) is 4.51. The number of carbonyl (C=O) groups is 6. The summed E-state index contributed by atoms with van der Waals surface area (Å²) in [5.74, 6) is -1.33. The summed E-state index contributed by atoms with van der Waals surface area (Å²) in [5.41, 5.74) is 1.16. The van der Waals surface area contributed by atoms with Crippen LogP contribution in [-0.4, -0.2) is 49.3 Å². The van der Waals surface area contributed by atoms with Crippen molar-refractivity contribution in [3.05, 3.63) is 59.7 Å². The number of benzene rings is 2. The van der Waals surface area contributed by atoms with Gasteiger partial charge in [-0.2, -0.15) is 0 Å². The van der Waals surface area contributed by atoms with Gasteiger partial charge < -0.3 is 28.5 Å². The van der Waals surface area contributed by atoms with E-state index in [9.17, 15) is 28.8 Å². The monoisotopic (exact) mass is 564 g/mol. The van der Waals surface area contributed by atoms with E-state index in [0.717, 1.165) is 0 Å². The maximum atomic E-state index is 12.3. The van der Waals surface area contributed by atoms with Crippen LogP contribution in [0, 0.1) is 0 Å². The highest BCUT2D eigenvalue weighted by atomic mass is 16.6. The Balaban J connectivity index is 1.96. The van der Waals surface area contributed by atoms with Crippen molar-refractivity contribution in [2.75, 3.05) is 14.2 Å². The molecule has 0 atom stereocenters. The van der Waals surface area contributed by atoms with Gasteiger partial charge in [0.05, 0.1) is 33.5 Å². The van der Waals surface area contributed by atoms with E-state index in [1.54, 1.807) is 24.3 Å². The summed E-state index contributed by atoms with van der Waals surface area (Å²) in [5, 5.41) is 0. The predicted molar refractivity (Wildman–Crippen MR) is 150 cm³/mol. The molecule has 10 heteroatoms. The minimum Gasteiger partial charge on any atom is -0.493 e. The van der Waals surface area contributed by atoms with Crippen LogP contribution in [0.15, 0.2) is 48.6 Å². The first-order valence-corrected chi connectivity index (χ1v) is 12.7. The summed E-state index contributed by atoms with van der Waals surface area (Å²) in [6, 6.07) is 9.37. The van der Waals surface area contributed by atoms with Gasteiger partial charge in [0.15, 0.2) is 34.6 Å². The van der Waals surface area contributed by atoms with Crippen molar-refractivity contribution in [2.24, 2.45) is 0 Å². The van der Waals surface area contributed by atoms with Gasteiger partial charge in [-0.15, -0.1) is 0 Å². The standard InChI is InChI=1S/C31H32O10/c1-20(32)5-15-30(36)40-26-13-9-22(17-28(26)38-3)7-11-24(34)19-25(35)12-8-23-10-14-27(29(18-23)39-4)41-31(37)16-6-21(2)33/h7-14,17-18H,5-6,15-16,19H2,1-4H3/b11-7+,12-8+. The first-order chi connectivity index (χ1) is 19.5. The van der Waals surface area contributed by atoms with Gasteiger partial charge in [-0.1, -0.05) is 24.3 Å². The van der Waals surface area contributed by atoms with Gasteiger partial charge in [0.25, 0.3) is 0 Å². The number of carbonyl (C=O) groups excluding carboxylic acids is 6. The lowest BCUT2D eigenvalue weighted by Crippen LogP contribution is -2.10. The van der Waals surface area contributed by atoms with Crippen molar-refractivity contribution in [1.82, 2.24) is 0 Å². The quantitative estimate of drug-likeness (QED) is 0.124. The van der Waals surface area contributed by atoms with Gasteiger partial charge in [-0.25, -0.2) is 0 Å². The van der Waals surface area contributed by atoms with E-state index >= 15 is 0 Å². The second kappa shape index (κ2) is 16.3. The third-order valence-electron chi connectivity index (χ3n) is 5.46. The number of Topliss-reactive ketones (excluding diaryl/α,β-unsaturated/α-hetero) is 2. The Kier molecular flexibility index (Phi) is 12.9. The molecular formula is C31H32O10. The van der Waals surface area contributed by atoms with Crippen molar-refractivity contribution in [1.29, 1.82) is 0 Å². The highest BCUT2D eigenvalue weighted by Crippen LogP contribution is 2.30. The van der Waals surface area contributed by atoms with Crippen molar-refractivity contribution < 1.29 is 47.7 Å². The number of hydrogen-bond acceptors (Lipinski definition) is 10. The van der Waals surface area contributed by atoms with Crippen LogP contribution in [-0.2, 0) is 28.8 Å². The summed E-state index contributed by atoms with van der Waals surface area (Å²) in [6.45, 7) is 2.78. The molecule has 2 aromatic carbocycles. The van der Waals surface area contributed by atoms with Crippen LogP contribution in [0.2, 0.25) is 0 Å². The molecular weight excluding hydrogens is 532 g/mol. The van der Waals surface area contributed by atoms with Gasteiger partial charge in [0.1, 0.15) is 11.6 Å². The van der Waals surface area contributed by atoms with Gasteiger partial charge >= 0.3 is 11.9 Å². The average Bonchev–Trinajstić information content (AvgIpc) is 2.93. The Morgan fingerprint density at radius 1 is 0.585 bits per heavy atom. The molecule has 2 aromatic rings. The molecule has 0 spiro atoms. The molecule has 0 aromatic heterocycles. The van der Waals surface area contributed by atoms with E-state index in [0.29, 0.717) is 11.1 Å². The molecule has 0 amide bonds. The topological polar surface area (TPSA) is 139 Å². The van der Waals surface area contributed by atoms with Crippen molar-refractivity contribution in [2.45, 2.75) is 46.0 Å². The van der Waals surface area contributed by atoms with E-state index in [1.165, 1.54) is 64.5 Å². The van der Waals surface area contributed by atoms with Crippen LogP contribution in [0.3, 0.4) is 0 Å². The zero-order valence-corrected chi connectivity index (χ0v) is 23.4. The van der Waals surface area contributed by atoms with Crippen molar-refractivity contribution in [3.63, 3.8) is 0 Å². The van der Waals surface area contributed by atoms with Crippen LogP contribution in [0.5, 0.6) is 23.0 Å². The molecule has 0 aliphatic rings. The molecule has 0 saturated carbocycles. The maximum absolute atomic E-state index is 12.3. The molecule has 0 saturated heterocycles. The number of ketones is 4. The number of ether oxygens (including phenoxy) is 4. The third-order valence-corrected chi connectivity index (χ3v) is 5.46. The summed E-state index contributed by atoms with van der Waals surface area (Å²) >= 11 is 0. The lowest BCUT2D eigenvalue weighted by molar-refractivity contribution is -0.136. The zero-order valence-electron chi connectivity index (χ0n) is 23.4. The normalized spacial score (nSPS) is 10.8. The fourth-order valence-electron chi connectivity index (χ4n) is 3.32. The van der Waals surface area contributed by atoms with E-state index in [2.05, 4.69) is 0 Å². The third kappa shape index (κ3) is 11.8. The van der Waals surface area contributed by atoms with Gasteiger partial charge in [-0.05, 0) is 61.4 Å². The highest BCUT2D eigenvalue weighted by molar-refractivity contribution is 6.10. The summed E-state index contributed by atoms with van der Waals surface area (Å²) < 4.78 is 21.0. The first kappa shape index (κ1) is 32.4. The summed E-state index contributed by atoms with van der Waals surface area (Å²) in [6.07, 6.45) is 5.24. The zero-order chi connectivity index (χ0) is 30.4. The number of allylic oxidation sites excluding steroid dienone is 2. The molecule has 0 aliphatic heterocycles. The van der Waals surface area contributed by atoms with Crippen LogP contribution in [0.1, 0.15) is 57.1 Å². The molecule has 2 rings (SSSR count). The molecule has 0 fully saturated rings. The summed E-state index contributed by atoms with van der Waals surface area (Å²) in [7, 11) is 2.80. The Labute approximate surface area is 237 Å². The molecule has 0 unspecified atom stereocenters. The number of methoxy groups -OCH3 is 2. The summed E-state index contributed by atoms with van der Waals surface area (Å²) in [4.78, 5) is 70.5. The number of hydrogen-bond donors (Lipinski definition) is 0. The Bertz CT molecular complexity index is 1260. The van der Waals surface area contributed by atoms with Gasteiger partial charge in [0.2, 0.25) is 0 Å². The number of rotatable bonds is 16. The Morgan fingerprint density at radius 3 is 1.32 bits per heavy atom. The Hall–Kier alpha value is -4.86. The van der Waals surface area contributed by atoms with Gasteiger partial charge in [0, 0.05) is 12.8 Å². The SMILES string of the molecule is COc1cc(/C=C/C(=O)CC(=O)/C=C/c2ccc(OC(=O)CCC(C)=O)c(OC)c2)ccc1OC(=O)CCC(C)=O. The fourth-order valence-corrected chi connectivity index (χ4v) is 3.32. The lowest BCUT2D eigenvalue weighted by atomic mass is 10.1. The minimum atomic E-state index is -0.567. The Morgan fingerprint density at radius 2 is 0.976 bits per heavy atom. The van der Waals surface area contributed by atoms with Crippen molar-refractivity contribution >= 4 is 47.2 Å². The van der Waals surface area contributed by atoms with E-state index in [1.807, 2.05) is 0 Å². The van der Waals surface area contributed by atoms with Crippen molar-refractivity contribution in [3.8, 4) is 23.0 Å². The average molecular weight is 565 g/mol. The first-order valence-electron chi connectivity index (χ1n) is 12.7. The molecule has 41 heavy (non-hydrogen) atoms. The van der Waals surface area contributed by atoms with Crippen LogP contribution in [0.4, 0.5) is 0 Å². The van der Waals surface area contributed by atoms with E-state index in [4.69, 9.17) is 18.9 Å². The molecule has 216 valence electrons. The highest BCUT2D eigenvalue weighted by Gasteiger charge is 2.13. The molecule has 0 N–H and O–H groups in total. The van der Waals surface area contributed by atoms with E-state index in [-0.39, 0.29) is 66.7 Å². The lowest BCUT2D eigenvalue weighted by Gasteiger charge is -2.09. The smallest absolute Gasteiger partial charge is 0.311 e. The molecule has 0 bridgehead atoms. The maximum Gasteiger partial charge on any atom is 0.311 e. The van der Waals surface area contributed by atoms with E-state index < -0.39 is 23.5 Å². The largest absolute Gasteiger partial charge is 0.493 e. The molecule has 0 aliphatic carbocycles. The molecule has 10 nitrogen and oxygen atoms in total. The molecule has 0 heterocycles. The second-order valence-electron chi connectivity index (χ2n) is 8.95. The van der Waals surface area contributed by atoms with Crippen LogP contribution < -0.4 is 18.9 Å². The second-order valence-corrected chi connectivity index (χ2v) is 8.95. The van der Waals surface area contributed by atoms with Crippen LogP contribution >= 0.6 is 0 Å². The minimum absolute atomic E-state index is 0.0470. The van der Waals surface area contributed by atoms with Crippen LogP contribution in [0.25, 0.3) is 12.2 Å². The molecule has 0 radical (unpaired) electrons.